The average Bonchev–Trinajstić information content (AvgIpc) is 2.19. The SMILES string of the molecule is Cc1nc2ccccc2nc1CCBr. The van der Waals surface area contributed by atoms with Gasteiger partial charge in [-0.2, -0.15) is 0 Å². The molecular formula is C11H11BrN2. The zero-order chi connectivity index (χ0) is 9.97. The van der Waals surface area contributed by atoms with Gasteiger partial charge in [0.15, 0.2) is 0 Å². The van der Waals surface area contributed by atoms with E-state index in [9.17, 15) is 0 Å². The number of nitrogens with zero attached hydrogens (tertiary/aromatic N) is 2. The Morgan fingerprint density at radius 1 is 1.14 bits per heavy atom. The van der Waals surface area contributed by atoms with Crippen LogP contribution in [0.3, 0.4) is 0 Å². The van der Waals surface area contributed by atoms with E-state index in [1.165, 1.54) is 0 Å². The van der Waals surface area contributed by atoms with Crippen LogP contribution in [0.1, 0.15) is 11.4 Å². The van der Waals surface area contributed by atoms with E-state index in [0.717, 1.165) is 34.2 Å². The molecule has 1 aromatic heterocycles. The zero-order valence-corrected chi connectivity index (χ0v) is 9.58. The first kappa shape index (κ1) is 9.59. The molecule has 1 heterocycles. The van der Waals surface area contributed by atoms with E-state index >= 15 is 0 Å². The van der Waals surface area contributed by atoms with Crippen molar-refractivity contribution in [3.05, 3.63) is 35.7 Å². The molecule has 0 atom stereocenters. The number of hydrogen-bond acceptors (Lipinski definition) is 2. The molecule has 0 aliphatic rings. The van der Waals surface area contributed by atoms with Gasteiger partial charge >= 0.3 is 0 Å². The first-order valence-electron chi connectivity index (χ1n) is 4.59. The topological polar surface area (TPSA) is 25.8 Å². The zero-order valence-electron chi connectivity index (χ0n) is 8.00. The molecule has 2 aromatic rings. The van der Waals surface area contributed by atoms with Gasteiger partial charge in [-0.25, -0.2) is 9.97 Å². The number of hydrogen-bond donors (Lipinski definition) is 0. The van der Waals surface area contributed by atoms with Crippen molar-refractivity contribution in [1.82, 2.24) is 9.97 Å². The van der Waals surface area contributed by atoms with Crippen LogP contribution in [-0.4, -0.2) is 15.3 Å². The van der Waals surface area contributed by atoms with Gasteiger partial charge in [-0.1, -0.05) is 28.1 Å². The fraction of sp³-hybridized carbons (Fsp3) is 0.273. The van der Waals surface area contributed by atoms with Crippen LogP contribution in [0.2, 0.25) is 0 Å². The second-order valence-electron chi connectivity index (χ2n) is 3.18. The van der Waals surface area contributed by atoms with E-state index in [0.29, 0.717) is 0 Å². The van der Waals surface area contributed by atoms with Crippen molar-refractivity contribution in [2.24, 2.45) is 0 Å². The Morgan fingerprint density at radius 2 is 1.79 bits per heavy atom. The highest BCUT2D eigenvalue weighted by Crippen LogP contribution is 2.12. The van der Waals surface area contributed by atoms with Gasteiger partial charge < -0.3 is 0 Å². The van der Waals surface area contributed by atoms with Gasteiger partial charge in [0.25, 0.3) is 0 Å². The largest absolute Gasteiger partial charge is 0.250 e. The summed E-state index contributed by atoms with van der Waals surface area (Å²) in [5.41, 5.74) is 4.07. The predicted molar refractivity (Wildman–Crippen MR) is 61.8 cm³/mol. The summed E-state index contributed by atoms with van der Waals surface area (Å²) in [6.07, 6.45) is 0.934. The summed E-state index contributed by atoms with van der Waals surface area (Å²) in [5, 5.41) is 0.931. The van der Waals surface area contributed by atoms with Crippen molar-refractivity contribution < 1.29 is 0 Å². The number of aryl methyl sites for hydroxylation is 2. The summed E-state index contributed by atoms with van der Waals surface area (Å²) in [7, 11) is 0. The molecule has 3 heteroatoms. The van der Waals surface area contributed by atoms with Crippen LogP contribution in [-0.2, 0) is 6.42 Å². The quantitative estimate of drug-likeness (QED) is 0.767. The molecule has 0 fully saturated rings. The molecule has 0 aliphatic heterocycles. The van der Waals surface area contributed by atoms with Gasteiger partial charge in [0, 0.05) is 11.8 Å². The van der Waals surface area contributed by atoms with Crippen LogP contribution in [0.4, 0.5) is 0 Å². The van der Waals surface area contributed by atoms with Crippen molar-refractivity contribution in [3.63, 3.8) is 0 Å². The lowest BCUT2D eigenvalue weighted by atomic mass is 10.2. The molecule has 2 rings (SSSR count). The fourth-order valence-electron chi connectivity index (χ4n) is 1.45. The van der Waals surface area contributed by atoms with Crippen LogP contribution >= 0.6 is 15.9 Å². The molecule has 14 heavy (non-hydrogen) atoms. The third-order valence-corrected chi connectivity index (χ3v) is 2.57. The number of fused-ring (bicyclic) bond motifs is 1. The number of rotatable bonds is 2. The van der Waals surface area contributed by atoms with Gasteiger partial charge in [-0.05, 0) is 19.1 Å². The normalized spacial score (nSPS) is 10.7. The maximum absolute atomic E-state index is 4.57. The Morgan fingerprint density at radius 3 is 2.43 bits per heavy atom. The monoisotopic (exact) mass is 250 g/mol. The van der Waals surface area contributed by atoms with Crippen molar-refractivity contribution >= 4 is 27.0 Å². The first-order valence-corrected chi connectivity index (χ1v) is 5.71. The number of halogens is 1. The molecule has 0 spiro atoms. The van der Waals surface area contributed by atoms with E-state index in [1.807, 2.05) is 31.2 Å². The second-order valence-corrected chi connectivity index (χ2v) is 3.98. The Hall–Kier alpha value is -0.960. The summed E-state index contributed by atoms with van der Waals surface area (Å²) in [4.78, 5) is 9.08. The van der Waals surface area contributed by atoms with E-state index in [2.05, 4.69) is 25.9 Å². The Labute approximate surface area is 91.5 Å². The van der Waals surface area contributed by atoms with E-state index < -0.39 is 0 Å². The highest BCUT2D eigenvalue weighted by molar-refractivity contribution is 9.09. The average molecular weight is 251 g/mol. The smallest absolute Gasteiger partial charge is 0.0890 e. The third-order valence-electron chi connectivity index (χ3n) is 2.17. The lowest BCUT2D eigenvalue weighted by molar-refractivity contribution is 1.00. The van der Waals surface area contributed by atoms with Crippen molar-refractivity contribution in [1.29, 1.82) is 0 Å². The molecule has 0 unspecified atom stereocenters. The van der Waals surface area contributed by atoms with Gasteiger partial charge in [0.1, 0.15) is 0 Å². The van der Waals surface area contributed by atoms with Crippen molar-refractivity contribution in [3.8, 4) is 0 Å². The molecule has 0 bridgehead atoms. The lowest BCUT2D eigenvalue weighted by Crippen LogP contribution is -1.99. The minimum Gasteiger partial charge on any atom is -0.250 e. The van der Waals surface area contributed by atoms with Gasteiger partial charge in [0.05, 0.1) is 22.4 Å². The van der Waals surface area contributed by atoms with Crippen LogP contribution in [0, 0.1) is 6.92 Å². The summed E-state index contributed by atoms with van der Waals surface area (Å²) in [6.45, 7) is 2.01. The lowest BCUT2D eigenvalue weighted by Gasteiger charge is -2.04. The van der Waals surface area contributed by atoms with Crippen molar-refractivity contribution in [2.75, 3.05) is 5.33 Å². The molecule has 0 amide bonds. The number of alkyl halides is 1. The second kappa shape index (κ2) is 4.05. The van der Waals surface area contributed by atoms with Crippen molar-refractivity contribution in [2.45, 2.75) is 13.3 Å². The standard InChI is InChI=1S/C11H11BrN2/c1-8-9(6-7-12)14-11-5-3-2-4-10(11)13-8/h2-5H,6-7H2,1H3. The molecule has 0 saturated heterocycles. The predicted octanol–water partition coefficient (Wildman–Crippen LogP) is 2.88. The van der Waals surface area contributed by atoms with Crippen LogP contribution < -0.4 is 0 Å². The minimum absolute atomic E-state index is 0.931. The first-order chi connectivity index (χ1) is 6.81. The molecule has 0 radical (unpaired) electrons. The van der Waals surface area contributed by atoms with E-state index in [4.69, 9.17) is 0 Å². The van der Waals surface area contributed by atoms with E-state index in [-0.39, 0.29) is 0 Å². The summed E-state index contributed by atoms with van der Waals surface area (Å²) in [5.74, 6) is 0. The molecule has 0 N–H and O–H groups in total. The molecule has 2 nitrogen and oxygen atoms in total. The molecule has 0 aliphatic carbocycles. The number of aromatic nitrogens is 2. The Bertz CT molecular complexity index is 454. The van der Waals surface area contributed by atoms with Crippen LogP contribution in [0.15, 0.2) is 24.3 Å². The summed E-state index contributed by atoms with van der Waals surface area (Å²) < 4.78 is 0. The van der Waals surface area contributed by atoms with Gasteiger partial charge in [0.2, 0.25) is 0 Å². The Kier molecular flexibility index (Phi) is 2.77. The molecule has 72 valence electrons. The number of benzene rings is 1. The maximum Gasteiger partial charge on any atom is 0.0890 e. The molecule has 0 saturated carbocycles. The number of para-hydroxylation sites is 2. The Balaban J connectivity index is 2.59. The summed E-state index contributed by atoms with van der Waals surface area (Å²) in [6, 6.07) is 7.97. The van der Waals surface area contributed by atoms with Crippen LogP contribution in [0.5, 0.6) is 0 Å². The minimum atomic E-state index is 0.931. The highest BCUT2D eigenvalue weighted by atomic mass is 79.9. The van der Waals surface area contributed by atoms with Crippen LogP contribution in [0.25, 0.3) is 11.0 Å². The summed E-state index contributed by atoms with van der Waals surface area (Å²) >= 11 is 3.42. The molecular weight excluding hydrogens is 240 g/mol. The van der Waals surface area contributed by atoms with E-state index in [1.54, 1.807) is 0 Å². The third kappa shape index (κ3) is 1.77. The van der Waals surface area contributed by atoms with Gasteiger partial charge in [-0.15, -0.1) is 0 Å². The fourth-order valence-corrected chi connectivity index (χ4v) is 1.83. The highest BCUT2D eigenvalue weighted by Gasteiger charge is 2.03. The maximum atomic E-state index is 4.57. The molecule has 1 aromatic carbocycles. The van der Waals surface area contributed by atoms with Gasteiger partial charge in [-0.3, -0.25) is 0 Å².